The number of amides is 5. The second-order valence-electron chi connectivity index (χ2n) is 11.2. The number of carbonyl (C=O) groups is 5. The highest BCUT2D eigenvalue weighted by molar-refractivity contribution is 6.25. The maximum atomic E-state index is 13.2. The van der Waals surface area contributed by atoms with Crippen molar-refractivity contribution in [3.05, 3.63) is 41.2 Å². The Bertz CT molecular complexity index is 1370. The molecule has 15 heteroatoms. The van der Waals surface area contributed by atoms with Gasteiger partial charge in [0.1, 0.15) is 6.04 Å². The van der Waals surface area contributed by atoms with E-state index in [1.165, 1.54) is 11.1 Å². The molecule has 3 aliphatic heterocycles. The average molecular weight is 639 g/mol. The van der Waals surface area contributed by atoms with E-state index in [9.17, 15) is 24.0 Å². The van der Waals surface area contributed by atoms with Gasteiger partial charge >= 0.3 is 0 Å². The molecule has 0 aliphatic carbocycles. The summed E-state index contributed by atoms with van der Waals surface area (Å²) >= 11 is 0. The second-order valence-corrected chi connectivity index (χ2v) is 11.2. The maximum Gasteiger partial charge on any atom is 0.264 e. The van der Waals surface area contributed by atoms with E-state index in [2.05, 4.69) is 21.5 Å². The van der Waals surface area contributed by atoms with Gasteiger partial charge in [0.25, 0.3) is 11.8 Å². The van der Waals surface area contributed by atoms with Crippen LogP contribution in [0.4, 0.5) is 5.69 Å². The Morgan fingerprint density at radius 1 is 1.11 bits per heavy atom. The number of hydrogen-bond acceptors (Lipinski definition) is 12. The number of nitrogens with one attached hydrogen (secondary N) is 2. The predicted octanol–water partition coefficient (Wildman–Crippen LogP) is -0.934. The van der Waals surface area contributed by atoms with Crippen molar-refractivity contribution in [2.75, 3.05) is 77.6 Å². The first-order valence-electron chi connectivity index (χ1n) is 15.3. The number of hydrazine groups is 1. The SMILES string of the molecule is C#CCN1CCN(C(=O)CCCN(N)/C=C(\N)COCCOCCNc2cccc3c2C(=O)N(C2CCC(=O)NC2=O)C3=O)CC1. The zero-order chi connectivity index (χ0) is 33.1. The molecule has 248 valence electrons. The Balaban J connectivity index is 1.08. The molecule has 3 aliphatic rings. The highest BCUT2D eigenvalue weighted by Crippen LogP contribution is 2.32. The van der Waals surface area contributed by atoms with Gasteiger partial charge in [0.05, 0.1) is 49.8 Å². The number of hydrogen-bond donors (Lipinski definition) is 4. The van der Waals surface area contributed by atoms with Crippen LogP contribution in [0.25, 0.3) is 0 Å². The van der Waals surface area contributed by atoms with Gasteiger partial charge in [0, 0.05) is 64.0 Å². The number of terminal acetylenes is 1. The van der Waals surface area contributed by atoms with Gasteiger partial charge in [-0.1, -0.05) is 12.0 Å². The summed E-state index contributed by atoms with van der Waals surface area (Å²) in [6, 6.07) is 3.85. The molecular formula is C31H42N8O7. The molecular weight excluding hydrogens is 596 g/mol. The molecule has 2 fully saturated rings. The smallest absolute Gasteiger partial charge is 0.264 e. The molecule has 0 aromatic heterocycles. The molecule has 5 amide bonds. The number of anilines is 1. The van der Waals surface area contributed by atoms with Crippen molar-refractivity contribution in [2.45, 2.75) is 31.7 Å². The monoisotopic (exact) mass is 638 g/mol. The molecule has 0 bridgehead atoms. The quantitative estimate of drug-likeness (QED) is 0.0572. The minimum Gasteiger partial charge on any atom is -0.399 e. The minimum atomic E-state index is -1.02. The maximum absolute atomic E-state index is 13.2. The first-order chi connectivity index (χ1) is 22.2. The topological polar surface area (TPSA) is 193 Å². The highest BCUT2D eigenvalue weighted by Gasteiger charge is 2.45. The van der Waals surface area contributed by atoms with E-state index in [1.807, 2.05) is 4.90 Å². The van der Waals surface area contributed by atoms with Gasteiger partial charge in [0.2, 0.25) is 17.7 Å². The predicted molar refractivity (Wildman–Crippen MR) is 167 cm³/mol. The number of fused-ring (bicyclic) bond motifs is 1. The van der Waals surface area contributed by atoms with Gasteiger partial charge in [-0.15, -0.1) is 6.42 Å². The second kappa shape index (κ2) is 16.7. The fraction of sp³-hybridized carbons (Fsp3) is 0.516. The summed E-state index contributed by atoms with van der Waals surface area (Å²) in [5.41, 5.74) is 7.29. The summed E-state index contributed by atoms with van der Waals surface area (Å²) in [5, 5.41) is 6.75. The molecule has 15 nitrogen and oxygen atoms in total. The Hall–Kier alpha value is -4.49. The van der Waals surface area contributed by atoms with Crippen molar-refractivity contribution in [2.24, 2.45) is 11.6 Å². The first kappa shape index (κ1) is 34.4. The number of nitrogens with zero attached hydrogens (tertiary/aromatic N) is 4. The number of nitrogens with two attached hydrogens (primary N) is 2. The Kier molecular flexibility index (Phi) is 12.5. The lowest BCUT2D eigenvalue weighted by Crippen LogP contribution is -2.54. The Morgan fingerprint density at radius 2 is 1.87 bits per heavy atom. The largest absolute Gasteiger partial charge is 0.399 e. The van der Waals surface area contributed by atoms with E-state index in [0.717, 1.165) is 18.0 Å². The molecule has 0 spiro atoms. The molecule has 1 unspecified atom stereocenters. The Morgan fingerprint density at radius 3 is 2.61 bits per heavy atom. The average Bonchev–Trinajstić information content (AvgIpc) is 3.28. The molecule has 1 aromatic carbocycles. The van der Waals surface area contributed by atoms with Crippen LogP contribution in [0.1, 0.15) is 46.4 Å². The molecule has 2 saturated heterocycles. The lowest BCUT2D eigenvalue weighted by Gasteiger charge is -2.33. The fourth-order valence-corrected chi connectivity index (χ4v) is 5.50. The number of benzene rings is 1. The summed E-state index contributed by atoms with van der Waals surface area (Å²) < 4.78 is 11.1. The van der Waals surface area contributed by atoms with E-state index in [4.69, 9.17) is 27.5 Å². The van der Waals surface area contributed by atoms with Gasteiger partial charge in [-0.25, -0.2) is 5.84 Å². The van der Waals surface area contributed by atoms with Crippen molar-refractivity contribution >= 4 is 35.2 Å². The van der Waals surface area contributed by atoms with Crippen LogP contribution in [0, 0.1) is 12.3 Å². The van der Waals surface area contributed by atoms with Crippen LogP contribution in [0.5, 0.6) is 0 Å². The van der Waals surface area contributed by atoms with Gasteiger partial charge in [0.15, 0.2) is 0 Å². The summed E-state index contributed by atoms with van der Waals surface area (Å²) in [4.78, 5) is 67.3. The summed E-state index contributed by atoms with van der Waals surface area (Å²) in [5.74, 6) is 6.52. The van der Waals surface area contributed by atoms with Gasteiger partial charge in [-0.2, -0.15) is 0 Å². The fourth-order valence-electron chi connectivity index (χ4n) is 5.50. The lowest BCUT2D eigenvalue weighted by molar-refractivity contribution is -0.136. The summed E-state index contributed by atoms with van der Waals surface area (Å²) in [7, 11) is 0. The van der Waals surface area contributed by atoms with Crippen molar-refractivity contribution in [1.29, 1.82) is 0 Å². The summed E-state index contributed by atoms with van der Waals surface area (Å²) in [6.45, 7) is 5.41. The third kappa shape index (κ3) is 9.04. The molecule has 0 saturated carbocycles. The van der Waals surface area contributed by atoms with Crippen LogP contribution in [0.3, 0.4) is 0 Å². The van der Waals surface area contributed by atoms with Crippen LogP contribution in [0.15, 0.2) is 30.1 Å². The van der Waals surface area contributed by atoms with Crippen LogP contribution >= 0.6 is 0 Å². The first-order valence-corrected chi connectivity index (χ1v) is 15.3. The number of rotatable bonds is 16. The number of imide groups is 2. The van der Waals surface area contributed by atoms with E-state index < -0.39 is 29.7 Å². The molecule has 0 radical (unpaired) electrons. The van der Waals surface area contributed by atoms with Gasteiger partial charge in [-0.05, 0) is 25.0 Å². The molecule has 3 heterocycles. The minimum absolute atomic E-state index is 0.0571. The summed E-state index contributed by atoms with van der Waals surface area (Å²) in [6.07, 6.45) is 8.09. The van der Waals surface area contributed by atoms with Crippen molar-refractivity contribution in [3.63, 3.8) is 0 Å². The van der Waals surface area contributed by atoms with Crippen LogP contribution in [-0.4, -0.2) is 128 Å². The van der Waals surface area contributed by atoms with E-state index in [-0.39, 0.29) is 43.1 Å². The van der Waals surface area contributed by atoms with E-state index in [1.54, 1.807) is 18.3 Å². The van der Waals surface area contributed by atoms with E-state index >= 15 is 0 Å². The zero-order valence-corrected chi connectivity index (χ0v) is 25.9. The normalized spacial score (nSPS) is 18.8. The Labute approximate surface area is 268 Å². The van der Waals surface area contributed by atoms with E-state index in [0.29, 0.717) is 70.2 Å². The third-order valence-corrected chi connectivity index (χ3v) is 7.85. The van der Waals surface area contributed by atoms with Gasteiger partial charge < -0.3 is 30.4 Å². The standard InChI is InChI=1S/C31H42N8O7/c1-2-11-36-13-15-37(16-14-36)27(41)7-4-12-38(33)20-22(32)21-46-19-18-45-17-10-34-24-6-3-5-23-28(24)31(44)39(30(23)43)25-8-9-26(40)35-29(25)42/h1,3,5-6,20,25,34H,4,7-19,21,32-33H2,(H,35,40,42)/b22-20-. The van der Waals surface area contributed by atoms with Crippen LogP contribution < -0.4 is 22.2 Å². The lowest BCUT2D eigenvalue weighted by atomic mass is 10.0. The molecule has 1 atom stereocenters. The molecule has 1 aromatic rings. The zero-order valence-electron chi connectivity index (χ0n) is 25.9. The molecule has 6 N–H and O–H groups in total. The number of piperidine rings is 1. The van der Waals surface area contributed by atoms with Crippen molar-refractivity contribution < 1.29 is 33.4 Å². The number of piperazine rings is 1. The van der Waals surface area contributed by atoms with Crippen LogP contribution in [-0.2, 0) is 23.9 Å². The van der Waals surface area contributed by atoms with Gasteiger partial charge in [-0.3, -0.25) is 39.1 Å². The molecule has 46 heavy (non-hydrogen) atoms. The third-order valence-electron chi connectivity index (χ3n) is 7.85. The highest BCUT2D eigenvalue weighted by atomic mass is 16.5. The van der Waals surface area contributed by atoms with Crippen molar-refractivity contribution in [1.82, 2.24) is 25.0 Å². The van der Waals surface area contributed by atoms with Crippen molar-refractivity contribution in [3.8, 4) is 12.3 Å². The number of ether oxygens (including phenoxy) is 2. The van der Waals surface area contributed by atoms with Crippen LogP contribution in [0.2, 0.25) is 0 Å². The molecule has 4 rings (SSSR count). The number of carbonyl (C=O) groups excluding carboxylic acids is 5.